The summed E-state index contributed by atoms with van der Waals surface area (Å²) < 4.78 is 12.5. The third kappa shape index (κ3) is 6.03. The van der Waals surface area contributed by atoms with E-state index in [2.05, 4.69) is 26.1 Å². The summed E-state index contributed by atoms with van der Waals surface area (Å²) in [6, 6.07) is 9.22. The van der Waals surface area contributed by atoms with Crippen LogP contribution < -0.4 is 14.8 Å². The van der Waals surface area contributed by atoms with Crippen molar-refractivity contribution in [3.8, 4) is 11.5 Å². The number of hydrogen-bond donors (Lipinski definition) is 1. The first kappa shape index (κ1) is 21.3. The van der Waals surface area contributed by atoms with Gasteiger partial charge in [-0.15, -0.1) is 0 Å². The highest BCUT2D eigenvalue weighted by Gasteiger charge is 2.15. The molecule has 142 valence electrons. The SMILES string of the molecule is COc1ccc(Br)c(CNCCN(C)C)c1OCc1ccc(Cl)cc1Cl. The van der Waals surface area contributed by atoms with Crippen LogP contribution in [0.4, 0.5) is 0 Å². The largest absolute Gasteiger partial charge is 0.493 e. The molecule has 0 bridgehead atoms. The van der Waals surface area contributed by atoms with Crippen molar-refractivity contribution in [3.63, 3.8) is 0 Å². The molecule has 4 nitrogen and oxygen atoms in total. The molecule has 0 amide bonds. The zero-order chi connectivity index (χ0) is 19.1. The highest BCUT2D eigenvalue weighted by molar-refractivity contribution is 9.10. The van der Waals surface area contributed by atoms with Crippen LogP contribution >= 0.6 is 39.1 Å². The first-order valence-electron chi connectivity index (χ1n) is 8.20. The highest BCUT2D eigenvalue weighted by Crippen LogP contribution is 2.37. The summed E-state index contributed by atoms with van der Waals surface area (Å²) in [6.45, 7) is 2.82. The molecule has 2 rings (SSSR count). The van der Waals surface area contributed by atoms with Crippen LogP contribution in [0.3, 0.4) is 0 Å². The van der Waals surface area contributed by atoms with Crippen molar-refractivity contribution in [2.24, 2.45) is 0 Å². The zero-order valence-corrected chi connectivity index (χ0v) is 18.2. The molecule has 0 aliphatic heterocycles. The maximum atomic E-state index is 6.25. The topological polar surface area (TPSA) is 33.7 Å². The number of hydrogen-bond acceptors (Lipinski definition) is 4. The number of nitrogens with one attached hydrogen (secondary N) is 1. The average molecular weight is 462 g/mol. The molecule has 26 heavy (non-hydrogen) atoms. The molecular weight excluding hydrogens is 439 g/mol. The highest BCUT2D eigenvalue weighted by atomic mass is 79.9. The quantitative estimate of drug-likeness (QED) is 0.533. The Labute approximate surface area is 173 Å². The Hall–Kier alpha value is -0.980. The molecule has 0 aliphatic rings. The third-order valence-electron chi connectivity index (χ3n) is 3.81. The van der Waals surface area contributed by atoms with E-state index in [1.807, 2.05) is 32.3 Å². The number of benzene rings is 2. The van der Waals surface area contributed by atoms with Crippen LogP contribution in [0, 0.1) is 0 Å². The molecule has 0 radical (unpaired) electrons. The van der Waals surface area contributed by atoms with Crippen molar-refractivity contribution in [1.82, 2.24) is 10.2 Å². The summed E-state index contributed by atoms with van der Waals surface area (Å²) in [4.78, 5) is 2.13. The lowest BCUT2D eigenvalue weighted by atomic mass is 10.1. The molecular formula is C19H23BrCl2N2O2. The molecule has 0 aromatic heterocycles. The van der Waals surface area contributed by atoms with Crippen LogP contribution in [0.25, 0.3) is 0 Å². The Bertz CT molecular complexity index is 742. The van der Waals surface area contributed by atoms with E-state index in [-0.39, 0.29) is 0 Å². The number of methoxy groups -OCH3 is 1. The van der Waals surface area contributed by atoms with Gasteiger partial charge in [0, 0.05) is 45.3 Å². The Kier molecular flexibility index (Phi) is 8.51. The molecule has 0 saturated heterocycles. The van der Waals surface area contributed by atoms with Crippen LogP contribution in [0.2, 0.25) is 10.0 Å². The van der Waals surface area contributed by atoms with Gasteiger partial charge in [0.2, 0.25) is 0 Å². The summed E-state index contributed by atoms with van der Waals surface area (Å²) in [5, 5.41) is 4.61. The van der Waals surface area contributed by atoms with Crippen molar-refractivity contribution < 1.29 is 9.47 Å². The third-order valence-corrected chi connectivity index (χ3v) is 5.14. The van der Waals surface area contributed by atoms with Crippen LogP contribution in [0.15, 0.2) is 34.8 Å². The molecule has 0 unspecified atom stereocenters. The van der Waals surface area contributed by atoms with Gasteiger partial charge in [0.15, 0.2) is 11.5 Å². The Morgan fingerprint density at radius 1 is 1.15 bits per heavy atom. The second kappa shape index (κ2) is 10.4. The minimum atomic E-state index is 0.327. The minimum absolute atomic E-state index is 0.327. The summed E-state index contributed by atoms with van der Waals surface area (Å²) in [5.74, 6) is 1.38. The van der Waals surface area contributed by atoms with Gasteiger partial charge in [-0.3, -0.25) is 0 Å². The molecule has 0 fully saturated rings. The minimum Gasteiger partial charge on any atom is -0.493 e. The average Bonchev–Trinajstić information content (AvgIpc) is 2.59. The van der Waals surface area contributed by atoms with E-state index in [4.69, 9.17) is 32.7 Å². The molecule has 0 heterocycles. The van der Waals surface area contributed by atoms with Crippen molar-refractivity contribution in [2.45, 2.75) is 13.2 Å². The summed E-state index contributed by atoms with van der Waals surface area (Å²) in [7, 11) is 5.73. The predicted octanol–water partition coefficient (Wildman–Crippen LogP) is 4.99. The standard InChI is InChI=1S/C19H23BrCl2N2O2/c1-24(2)9-8-23-11-15-16(20)6-7-18(25-3)19(15)26-12-13-4-5-14(21)10-17(13)22/h4-7,10,23H,8-9,11-12H2,1-3H3. The van der Waals surface area contributed by atoms with E-state index in [0.717, 1.165) is 28.7 Å². The van der Waals surface area contributed by atoms with Gasteiger partial charge in [0.25, 0.3) is 0 Å². The predicted molar refractivity (Wildman–Crippen MR) is 112 cm³/mol. The normalized spacial score (nSPS) is 11.0. The van der Waals surface area contributed by atoms with Gasteiger partial charge in [-0.05, 0) is 38.4 Å². The monoisotopic (exact) mass is 460 g/mol. The number of likely N-dealkylation sites (N-methyl/N-ethyl adjacent to an activating group) is 1. The van der Waals surface area contributed by atoms with Crippen molar-refractivity contribution in [2.75, 3.05) is 34.3 Å². The van der Waals surface area contributed by atoms with Gasteiger partial charge in [-0.25, -0.2) is 0 Å². The van der Waals surface area contributed by atoms with Gasteiger partial charge in [-0.2, -0.15) is 0 Å². The lowest BCUT2D eigenvalue weighted by Gasteiger charge is -2.18. The summed E-state index contributed by atoms with van der Waals surface area (Å²) >= 11 is 15.8. The Morgan fingerprint density at radius 3 is 2.58 bits per heavy atom. The Morgan fingerprint density at radius 2 is 1.92 bits per heavy atom. The van der Waals surface area contributed by atoms with Crippen LogP contribution in [-0.4, -0.2) is 39.2 Å². The molecule has 7 heteroatoms. The number of nitrogens with zero attached hydrogens (tertiary/aromatic N) is 1. The van der Waals surface area contributed by atoms with Crippen molar-refractivity contribution >= 4 is 39.1 Å². The molecule has 0 spiro atoms. The number of rotatable bonds is 9. The maximum Gasteiger partial charge on any atom is 0.167 e. The zero-order valence-electron chi connectivity index (χ0n) is 15.1. The van der Waals surface area contributed by atoms with Crippen LogP contribution in [0.5, 0.6) is 11.5 Å². The smallest absolute Gasteiger partial charge is 0.167 e. The molecule has 0 saturated carbocycles. The molecule has 1 N–H and O–H groups in total. The van der Waals surface area contributed by atoms with Gasteiger partial charge in [0.05, 0.1) is 7.11 Å². The van der Waals surface area contributed by atoms with E-state index in [1.165, 1.54) is 0 Å². The van der Waals surface area contributed by atoms with Gasteiger partial charge < -0.3 is 19.7 Å². The lowest BCUT2D eigenvalue weighted by Crippen LogP contribution is -2.26. The van der Waals surface area contributed by atoms with Crippen molar-refractivity contribution in [3.05, 3.63) is 56.0 Å². The van der Waals surface area contributed by atoms with Gasteiger partial charge in [0.1, 0.15) is 6.61 Å². The maximum absolute atomic E-state index is 6.25. The van der Waals surface area contributed by atoms with Gasteiger partial charge >= 0.3 is 0 Å². The van der Waals surface area contributed by atoms with E-state index in [0.29, 0.717) is 34.7 Å². The second-order valence-corrected chi connectivity index (χ2v) is 7.76. The number of ether oxygens (including phenoxy) is 2. The van der Waals surface area contributed by atoms with Gasteiger partial charge in [-0.1, -0.05) is 45.2 Å². The first-order chi connectivity index (χ1) is 12.4. The summed E-state index contributed by atoms with van der Waals surface area (Å²) in [5.41, 5.74) is 1.87. The fourth-order valence-electron chi connectivity index (χ4n) is 2.37. The van der Waals surface area contributed by atoms with Crippen LogP contribution in [0.1, 0.15) is 11.1 Å². The summed E-state index contributed by atoms with van der Waals surface area (Å²) in [6.07, 6.45) is 0. The first-order valence-corrected chi connectivity index (χ1v) is 9.74. The fraction of sp³-hybridized carbons (Fsp3) is 0.368. The lowest BCUT2D eigenvalue weighted by molar-refractivity contribution is 0.280. The second-order valence-electron chi connectivity index (χ2n) is 6.06. The van der Waals surface area contributed by atoms with E-state index in [1.54, 1.807) is 19.2 Å². The van der Waals surface area contributed by atoms with Crippen molar-refractivity contribution in [1.29, 1.82) is 0 Å². The molecule has 0 atom stereocenters. The molecule has 2 aromatic carbocycles. The van der Waals surface area contributed by atoms with Crippen LogP contribution in [-0.2, 0) is 13.2 Å². The molecule has 0 aliphatic carbocycles. The van der Waals surface area contributed by atoms with E-state index >= 15 is 0 Å². The molecule has 2 aromatic rings. The van der Waals surface area contributed by atoms with E-state index in [9.17, 15) is 0 Å². The fourth-order valence-corrected chi connectivity index (χ4v) is 3.29. The number of halogens is 3. The Balaban J connectivity index is 2.17. The van der Waals surface area contributed by atoms with E-state index < -0.39 is 0 Å².